The lowest BCUT2D eigenvalue weighted by Gasteiger charge is -2.35. The average Bonchev–Trinajstić information content (AvgIpc) is 1.94. The van der Waals surface area contributed by atoms with Crippen LogP contribution < -0.4 is 0 Å². The van der Waals surface area contributed by atoms with Gasteiger partial charge in [0.2, 0.25) is 0 Å². The molecule has 108 valence electrons. The number of hydrogen-bond donors (Lipinski definition) is 0. The molecule has 0 aromatic carbocycles. The summed E-state index contributed by atoms with van der Waals surface area (Å²) in [6.07, 6.45) is 1.72. The van der Waals surface area contributed by atoms with Crippen LogP contribution in [0.15, 0.2) is 0 Å². The molecule has 0 aromatic heterocycles. The SMILES string of the molecule is CC(C)CC(C)(C)OC(=O)C(C)(C)CC(C)(C)C. The average molecular weight is 256 g/mol. The predicted octanol–water partition coefficient (Wildman–Crippen LogP) is 4.82. The van der Waals surface area contributed by atoms with Gasteiger partial charge in [-0.25, -0.2) is 0 Å². The van der Waals surface area contributed by atoms with E-state index in [9.17, 15) is 4.79 Å². The molecule has 0 aliphatic rings. The molecular formula is C16H32O2. The maximum Gasteiger partial charge on any atom is 0.312 e. The zero-order valence-electron chi connectivity index (χ0n) is 13.8. The van der Waals surface area contributed by atoms with Gasteiger partial charge in [-0.05, 0) is 51.9 Å². The van der Waals surface area contributed by atoms with E-state index in [1.165, 1.54) is 0 Å². The highest BCUT2D eigenvalue weighted by molar-refractivity contribution is 5.76. The van der Waals surface area contributed by atoms with Crippen molar-refractivity contribution >= 4 is 5.97 Å². The van der Waals surface area contributed by atoms with Gasteiger partial charge in [0.1, 0.15) is 5.60 Å². The van der Waals surface area contributed by atoms with Crippen LogP contribution in [0.5, 0.6) is 0 Å². The van der Waals surface area contributed by atoms with Gasteiger partial charge < -0.3 is 4.74 Å². The molecule has 2 nitrogen and oxygen atoms in total. The van der Waals surface area contributed by atoms with E-state index in [-0.39, 0.29) is 17.0 Å². The first-order valence-electron chi connectivity index (χ1n) is 6.99. The topological polar surface area (TPSA) is 26.3 Å². The summed E-state index contributed by atoms with van der Waals surface area (Å²) in [6, 6.07) is 0. The molecule has 2 heteroatoms. The van der Waals surface area contributed by atoms with Crippen molar-refractivity contribution < 1.29 is 9.53 Å². The van der Waals surface area contributed by atoms with E-state index in [0.29, 0.717) is 5.92 Å². The van der Waals surface area contributed by atoms with Crippen molar-refractivity contribution in [2.75, 3.05) is 0 Å². The molecule has 0 spiro atoms. The standard InChI is InChI=1S/C16H32O2/c1-12(2)10-16(8,9)18-13(17)15(6,7)11-14(3,4)5/h12H,10-11H2,1-9H3. The maximum absolute atomic E-state index is 12.3. The minimum atomic E-state index is -0.424. The van der Waals surface area contributed by atoms with Crippen molar-refractivity contribution in [3.63, 3.8) is 0 Å². The third-order valence-corrected chi connectivity index (χ3v) is 2.79. The van der Waals surface area contributed by atoms with Crippen molar-refractivity contribution in [3.05, 3.63) is 0 Å². The molecule has 0 amide bonds. The first kappa shape index (κ1) is 17.5. The fourth-order valence-electron chi connectivity index (χ4n) is 2.81. The predicted molar refractivity (Wildman–Crippen MR) is 77.5 cm³/mol. The number of ether oxygens (including phenoxy) is 1. The van der Waals surface area contributed by atoms with Gasteiger partial charge in [-0.2, -0.15) is 0 Å². The number of hydrogen-bond acceptors (Lipinski definition) is 2. The third kappa shape index (κ3) is 7.03. The van der Waals surface area contributed by atoms with Crippen LogP contribution in [0.4, 0.5) is 0 Å². The van der Waals surface area contributed by atoms with Gasteiger partial charge in [0.05, 0.1) is 5.41 Å². The Balaban J connectivity index is 4.66. The van der Waals surface area contributed by atoms with E-state index in [2.05, 4.69) is 34.6 Å². The van der Waals surface area contributed by atoms with Gasteiger partial charge in [-0.1, -0.05) is 34.6 Å². The van der Waals surface area contributed by atoms with E-state index < -0.39 is 5.41 Å². The molecule has 18 heavy (non-hydrogen) atoms. The first-order valence-corrected chi connectivity index (χ1v) is 6.99. The molecule has 0 heterocycles. The number of carbonyl (C=O) groups excluding carboxylic acids is 1. The largest absolute Gasteiger partial charge is 0.459 e. The van der Waals surface area contributed by atoms with Gasteiger partial charge in [0, 0.05) is 0 Å². The van der Waals surface area contributed by atoms with Crippen LogP contribution in [0.3, 0.4) is 0 Å². The highest BCUT2D eigenvalue weighted by Gasteiger charge is 2.37. The fourth-order valence-corrected chi connectivity index (χ4v) is 2.81. The van der Waals surface area contributed by atoms with E-state index in [1.807, 2.05) is 27.7 Å². The molecule has 0 radical (unpaired) electrons. The zero-order chi connectivity index (χ0) is 14.8. The summed E-state index contributed by atoms with van der Waals surface area (Å²) >= 11 is 0. The van der Waals surface area contributed by atoms with Crippen LogP contribution in [-0.2, 0) is 9.53 Å². The number of esters is 1. The Kier molecular flexibility index (Phi) is 5.46. The number of rotatable bonds is 5. The summed E-state index contributed by atoms with van der Waals surface area (Å²) < 4.78 is 5.72. The van der Waals surface area contributed by atoms with Crippen LogP contribution >= 0.6 is 0 Å². The number of carbonyl (C=O) groups is 1. The molecule has 0 atom stereocenters. The fraction of sp³-hybridized carbons (Fsp3) is 0.938. The van der Waals surface area contributed by atoms with Crippen LogP contribution in [0.2, 0.25) is 0 Å². The van der Waals surface area contributed by atoms with E-state index in [1.54, 1.807) is 0 Å². The third-order valence-electron chi connectivity index (χ3n) is 2.79. The molecule has 0 aliphatic carbocycles. The van der Waals surface area contributed by atoms with Crippen molar-refractivity contribution in [1.29, 1.82) is 0 Å². The Morgan fingerprint density at radius 2 is 1.44 bits per heavy atom. The van der Waals surface area contributed by atoms with E-state index in [0.717, 1.165) is 12.8 Å². The summed E-state index contributed by atoms with van der Waals surface area (Å²) in [5, 5.41) is 0. The lowest BCUT2D eigenvalue weighted by molar-refractivity contribution is -0.170. The van der Waals surface area contributed by atoms with Crippen molar-refractivity contribution in [1.82, 2.24) is 0 Å². The lowest BCUT2D eigenvalue weighted by atomic mass is 9.76. The quantitative estimate of drug-likeness (QED) is 0.659. The molecule has 0 rings (SSSR count). The van der Waals surface area contributed by atoms with E-state index >= 15 is 0 Å². The molecule has 0 N–H and O–H groups in total. The molecule has 0 saturated heterocycles. The zero-order valence-corrected chi connectivity index (χ0v) is 13.8. The Hall–Kier alpha value is -0.530. The second-order valence-electron chi connectivity index (χ2n) is 8.37. The van der Waals surface area contributed by atoms with Gasteiger partial charge in [0.25, 0.3) is 0 Å². The van der Waals surface area contributed by atoms with Crippen molar-refractivity contribution in [2.24, 2.45) is 16.7 Å². The molecule has 0 saturated carbocycles. The highest BCUT2D eigenvalue weighted by Crippen LogP contribution is 2.35. The van der Waals surface area contributed by atoms with Crippen LogP contribution in [0, 0.1) is 16.7 Å². The second-order valence-corrected chi connectivity index (χ2v) is 8.37. The van der Waals surface area contributed by atoms with Crippen LogP contribution in [0.1, 0.15) is 75.2 Å². The normalized spacial score (nSPS) is 13.9. The Morgan fingerprint density at radius 1 is 1.00 bits per heavy atom. The Morgan fingerprint density at radius 3 is 1.78 bits per heavy atom. The summed E-state index contributed by atoms with van der Waals surface area (Å²) in [5.41, 5.74) is -0.669. The van der Waals surface area contributed by atoms with Crippen molar-refractivity contribution in [2.45, 2.75) is 80.8 Å². The Bertz CT molecular complexity index is 280. The molecule has 0 bridgehead atoms. The summed E-state index contributed by atoms with van der Waals surface area (Å²) in [6.45, 7) is 18.7. The van der Waals surface area contributed by atoms with Gasteiger partial charge in [-0.15, -0.1) is 0 Å². The lowest BCUT2D eigenvalue weighted by Crippen LogP contribution is -2.38. The van der Waals surface area contributed by atoms with Gasteiger partial charge >= 0.3 is 5.97 Å². The maximum atomic E-state index is 12.3. The second kappa shape index (κ2) is 5.63. The van der Waals surface area contributed by atoms with Gasteiger partial charge in [0.15, 0.2) is 0 Å². The minimum absolute atomic E-state index is 0.0805. The molecule has 0 aromatic rings. The summed E-state index contributed by atoms with van der Waals surface area (Å²) in [4.78, 5) is 12.3. The first-order chi connectivity index (χ1) is 7.75. The van der Waals surface area contributed by atoms with E-state index in [4.69, 9.17) is 4.74 Å². The smallest absolute Gasteiger partial charge is 0.312 e. The van der Waals surface area contributed by atoms with Crippen LogP contribution in [0.25, 0.3) is 0 Å². The molecule has 0 fully saturated rings. The summed E-state index contributed by atoms with van der Waals surface area (Å²) in [5.74, 6) is 0.446. The van der Waals surface area contributed by atoms with Gasteiger partial charge in [-0.3, -0.25) is 4.79 Å². The minimum Gasteiger partial charge on any atom is -0.459 e. The highest BCUT2D eigenvalue weighted by atomic mass is 16.6. The molecule has 0 unspecified atom stereocenters. The van der Waals surface area contributed by atoms with Crippen LogP contribution in [-0.4, -0.2) is 11.6 Å². The molecule has 0 aliphatic heterocycles. The Labute approximate surface area is 113 Å². The van der Waals surface area contributed by atoms with Crippen molar-refractivity contribution in [3.8, 4) is 0 Å². The molecular weight excluding hydrogens is 224 g/mol. The summed E-state index contributed by atoms with van der Waals surface area (Å²) in [7, 11) is 0. The monoisotopic (exact) mass is 256 g/mol.